The van der Waals surface area contributed by atoms with Crippen LogP contribution in [0, 0.1) is 11.8 Å². The number of carbonyl (C=O) groups excluding carboxylic acids is 2. The van der Waals surface area contributed by atoms with Crippen LogP contribution in [0.4, 0.5) is 0 Å². The highest BCUT2D eigenvalue weighted by Gasteiger charge is 2.43. The molecule has 5 atom stereocenters. The summed E-state index contributed by atoms with van der Waals surface area (Å²) in [6.07, 6.45) is 21.6. The maximum absolute atomic E-state index is 12.9. The van der Waals surface area contributed by atoms with E-state index in [1.54, 1.807) is 7.05 Å². The van der Waals surface area contributed by atoms with Crippen LogP contribution in [0.3, 0.4) is 0 Å². The summed E-state index contributed by atoms with van der Waals surface area (Å²) in [6.45, 7) is 8.54. The fourth-order valence-corrected chi connectivity index (χ4v) is 4.41. The third-order valence-electron chi connectivity index (χ3n) is 6.92. The zero-order valence-electron chi connectivity index (χ0n) is 22.5. The quantitative estimate of drug-likeness (QED) is 0.117. The van der Waals surface area contributed by atoms with Gasteiger partial charge in [0, 0.05) is 12.8 Å². The molecular formula is C29H51NO4. The van der Waals surface area contributed by atoms with E-state index in [-0.39, 0.29) is 42.0 Å². The minimum atomic E-state index is -0.323. The highest BCUT2D eigenvalue weighted by Crippen LogP contribution is 2.32. The molecule has 1 aliphatic rings. The fraction of sp³-hybridized carbons (Fsp3) is 0.793. The van der Waals surface area contributed by atoms with Gasteiger partial charge < -0.3 is 14.8 Å². The molecule has 0 aromatic heterocycles. The predicted octanol–water partition coefficient (Wildman–Crippen LogP) is 6.91. The Morgan fingerprint density at radius 1 is 1.03 bits per heavy atom. The van der Waals surface area contributed by atoms with Crippen LogP contribution in [0.2, 0.25) is 0 Å². The molecule has 0 aromatic rings. The van der Waals surface area contributed by atoms with E-state index >= 15 is 0 Å². The van der Waals surface area contributed by atoms with Gasteiger partial charge >= 0.3 is 11.9 Å². The van der Waals surface area contributed by atoms with E-state index in [0.29, 0.717) is 12.8 Å². The Kier molecular flexibility index (Phi) is 16.7. The first-order chi connectivity index (χ1) is 16.5. The Labute approximate surface area is 209 Å². The normalized spacial score (nSPS) is 20.8. The molecule has 0 spiro atoms. The molecule has 1 aliphatic heterocycles. The van der Waals surface area contributed by atoms with Crippen molar-refractivity contribution in [3.63, 3.8) is 0 Å². The molecule has 0 radical (unpaired) electrons. The number of carbonyl (C=O) groups is 2. The van der Waals surface area contributed by atoms with Crippen LogP contribution < -0.4 is 5.32 Å². The van der Waals surface area contributed by atoms with Gasteiger partial charge in [0.15, 0.2) is 0 Å². The Morgan fingerprint density at radius 2 is 1.74 bits per heavy atom. The maximum Gasteiger partial charge on any atom is 0.323 e. The molecule has 34 heavy (non-hydrogen) atoms. The van der Waals surface area contributed by atoms with E-state index in [2.05, 4.69) is 57.3 Å². The van der Waals surface area contributed by atoms with E-state index in [1.165, 1.54) is 32.1 Å². The summed E-state index contributed by atoms with van der Waals surface area (Å²) in [5, 5.41) is 3.11. The molecule has 0 aromatic carbocycles. The number of rotatable bonds is 20. The SMILES string of the molecule is CCCCC/C=C/C/C=C/C[C@H](C[C@@H]1OC(=O)[C@@H]1CCCCCC)OC(=O)[C@@H](NC)[C@@H](C)CC. The van der Waals surface area contributed by atoms with Crippen molar-refractivity contribution >= 4 is 11.9 Å². The van der Waals surface area contributed by atoms with Gasteiger partial charge in [0.1, 0.15) is 18.2 Å². The molecular weight excluding hydrogens is 426 g/mol. The molecule has 0 bridgehead atoms. The monoisotopic (exact) mass is 477 g/mol. The van der Waals surface area contributed by atoms with E-state index in [0.717, 1.165) is 38.5 Å². The highest BCUT2D eigenvalue weighted by atomic mass is 16.6. The zero-order chi connectivity index (χ0) is 25.2. The van der Waals surface area contributed by atoms with E-state index in [1.807, 2.05) is 0 Å². The largest absolute Gasteiger partial charge is 0.461 e. The number of cyclic esters (lactones) is 1. The van der Waals surface area contributed by atoms with Crippen molar-refractivity contribution in [1.82, 2.24) is 5.32 Å². The van der Waals surface area contributed by atoms with Gasteiger partial charge in [-0.15, -0.1) is 0 Å². The predicted molar refractivity (Wildman–Crippen MR) is 141 cm³/mol. The van der Waals surface area contributed by atoms with Crippen molar-refractivity contribution in [2.45, 2.75) is 129 Å². The van der Waals surface area contributed by atoms with Gasteiger partial charge in [-0.1, -0.05) is 96.9 Å². The number of nitrogens with one attached hydrogen (secondary N) is 1. The second-order valence-corrected chi connectivity index (χ2v) is 9.79. The molecule has 1 saturated heterocycles. The van der Waals surface area contributed by atoms with Crippen LogP contribution in [0.15, 0.2) is 24.3 Å². The summed E-state index contributed by atoms with van der Waals surface area (Å²) in [6, 6.07) is -0.323. The lowest BCUT2D eigenvalue weighted by atomic mass is 9.87. The molecule has 5 nitrogen and oxygen atoms in total. The lowest BCUT2D eigenvalue weighted by Gasteiger charge is -2.37. The van der Waals surface area contributed by atoms with Crippen molar-refractivity contribution in [2.75, 3.05) is 7.05 Å². The first-order valence-electron chi connectivity index (χ1n) is 13.9. The topological polar surface area (TPSA) is 64.6 Å². The Balaban J connectivity index is 2.67. The molecule has 0 aliphatic carbocycles. The van der Waals surface area contributed by atoms with Gasteiger partial charge in [0.25, 0.3) is 0 Å². The second-order valence-electron chi connectivity index (χ2n) is 9.79. The number of esters is 2. The minimum Gasteiger partial charge on any atom is -0.461 e. The lowest BCUT2D eigenvalue weighted by Crippen LogP contribution is -2.48. The smallest absolute Gasteiger partial charge is 0.323 e. The minimum absolute atomic E-state index is 0.0530. The number of hydrogen-bond donors (Lipinski definition) is 1. The average molecular weight is 478 g/mol. The van der Waals surface area contributed by atoms with Gasteiger partial charge in [-0.3, -0.25) is 9.59 Å². The van der Waals surface area contributed by atoms with E-state index in [9.17, 15) is 9.59 Å². The van der Waals surface area contributed by atoms with Crippen LogP contribution in [-0.4, -0.2) is 37.2 Å². The number of likely N-dealkylation sites (N-methyl/N-ethyl adjacent to an activating group) is 1. The molecule has 1 rings (SSSR count). The summed E-state index contributed by atoms with van der Waals surface area (Å²) >= 11 is 0. The standard InChI is InChI=1S/C29H51NO4/c1-6-9-11-13-14-15-16-17-18-20-24(33-29(32)27(30-5)23(4)8-3)22-26-25(28(31)34-26)21-19-12-10-7-2/h14-15,17-18,23-27,30H,6-13,16,19-22H2,1-5H3/b15-14+,18-17+/t23-,24+,25+,26-,27-/m0/s1. The van der Waals surface area contributed by atoms with Gasteiger partial charge in [0.05, 0.1) is 5.92 Å². The second kappa shape index (κ2) is 18.7. The van der Waals surface area contributed by atoms with Crippen LogP contribution in [0.5, 0.6) is 0 Å². The molecule has 0 saturated carbocycles. The summed E-state index contributed by atoms with van der Waals surface area (Å²) in [7, 11) is 1.81. The Hall–Kier alpha value is -1.62. The Morgan fingerprint density at radius 3 is 2.38 bits per heavy atom. The van der Waals surface area contributed by atoms with Gasteiger partial charge in [0.2, 0.25) is 0 Å². The Bertz CT molecular complexity index is 615. The number of allylic oxidation sites excluding steroid dienone is 3. The van der Waals surface area contributed by atoms with E-state index < -0.39 is 0 Å². The van der Waals surface area contributed by atoms with Crippen molar-refractivity contribution in [1.29, 1.82) is 0 Å². The van der Waals surface area contributed by atoms with Crippen molar-refractivity contribution in [2.24, 2.45) is 11.8 Å². The first-order valence-corrected chi connectivity index (χ1v) is 13.9. The molecule has 0 amide bonds. The summed E-state index contributed by atoms with van der Waals surface area (Å²) in [4.78, 5) is 25.0. The lowest BCUT2D eigenvalue weighted by molar-refractivity contribution is -0.190. The number of hydrogen-bond acceptors (Lipinski definition) is 5. The zero-order valence-corrected chi connectivity index (χ0v) is 22.5. The molecule has 1 N–H and O–H groups in total. The molecule has 1 heterocycles. The molecule has 1 fully saturated rings. The van der Waals surface area contributed by atoms with Crippen LogP contribution >= 0.6 is 0 Å². The summed E-state index contributed by atoms with van der Waals surface area (Å²) in [5.74, 6) is -0.165. The fourth-order valence-electron chi connectivity index (χ4n) is 4.41. The first kappa shape index (κ1) is 30.4. The third-order valence-corrected chi connectivity index (χ3v) is 6.92. The van der Waals surface area contributed by atoms with Crippen molar-refractivity contribution in [3.8, 4) is 0 Å². The highest BCUT2D eigenvalue weighted by molar-refractivity contribution is 5.78. The van der Waals surface area contributed by atoms with Gasteiger partial charge in [-0.25, -0.2) is 0 Å². The van der Waals surface area contributed by atoms with Crippen LogP contribution in [-0.2, 0) is 19.1 Å². The molecule has 0 unspecified atom stereocenters. The molecule has 196 valence electrons. The van der Waals surface area contributed by atoms with E-state index in [4.69, 9.17) is 9.47 Å². The van der Waals surface area contributed by atoms with Crippen molar-refractivity contribution in [3.05, 3.63) is 24.3 Å². The van der Waals surface area contributed by atoms with Crippen molar-refractivity contribution < 1.29 is 19.1 Å². The van der Waals surface area contributed by atoms with Crippen LogP contribution in [0.25, 0.3) is 0 Å². The summed E-state index contributed by atoms with van der Waals surface area (Å²) in [5.41, 5.74) is 0. The number of ether oxygens (including phenoxy) is 2. The van der Waals surface area contributed by atoms with Gasteiger partial charge in [-0.2, -0.15) is 0 Å². The van der Waals surface area contributed by atoms with Crippen LogP contribution in [0.1, 0.15) is 111 Å². The summed E-state index contributed by atoms with van der Waals surface area (Å²) < 4.78 is 11.5. The third kappa shape index (κ3) is 11.7. The average Bonchev–Trinajstić information content (AvgIpc) is 2.82. The maximum atomic E-state index is 12.9. The van der Waals surface area contributed by atoms with Gasteiger partial charge in [-0.05, 0) is 38.6 Å². The molecule has 5 heteroatoms. The number of unbranched alkanes of at least 4 members (excludes halogenated alkanes) is 6.